The van der Waals surface area contributed by atoms with Crippen LogP contribution in [0, 0.1) is 0 Å². The molecule has 0 fully saturated rings. The van der Waals surface area contributed by atoms with Gasteiger partial charge in [-0.25, -0.2) is 0 Å². The van der Waals surface area contributed by atoms with Crippen LogP contribution in [-0.4, -0.2) is 38.0 Å². The van der Waals surface area contributed by atoms with Crippen molar-refractivity contribution in [3.63, 3.8) is 0 Å². The molecule has 0 aromatic carbocycles. The summed E-state index contributed by atoms with van der Waals surface area (Å²) in [6.07, 6.45) is 4.65. The fourth-order valence-electron chi connectivity index (χ4n) is 1.71. The molecule has 2 rings (SSSR count). The van der Waals surface area contributed by atoms with E-state index in [0.717, 1.165) is 0 Å². The van der Waals surface area contributed by atoms with Crippen molar-refractivity contribution in [3.05, 3.63) is 36.3 Å². The lowest BCUT2D eigenvalue weighted by molar-refractivity contribution is 0.0924. The monoisotopic (exact) mass is 248 g/mol. The fourth-order valence-corrected chi connectivity index (χ4v) is 1.71. The number of hydrogen-bond donors (Lipinski definition) is 2. The van der Waals surface area contributed by atoms with Gasteiger partial charge in [0.05, 0.1) is 12.3 Å². The third-order valence-electron chi connectivity index (χ3n) is 2.56. The molecule has 2 aromatic rings. The molecule has 2 N–H and O–H groups in total. The lowest BCUT2D eigenvalue weighted by Crippen LogP contribution is -2.31. The third-order valence-corrected chi connectivity index (χ3v) is 2.56. The van der Waals surface area contributed by atoms with Gasteiger partial charge in [0.1, 0.15) is 11.4 Å². The zero-order valence-corrected chi connectivity index (χ0v) is 10.4. The summed E-state index contributed by atoms with van der Waals surface area (Å²) in [5, 5.41) is 15.9. The maximum atomic E-state index is 12.0. The normalized spacial score (nSPS) is 12.4. The number of carbonyl (C=O) groups excluding carboxylic acids is 1. The number of amides is 1. The van der Waals surface area contributed by atoms with E-state index in [1.807, 2.05) is 29.1 Å². The summed E-state index contributed by atoms with van der Waals surface area (Å²) in [5.74, 6) is 0.454. The maximum absolute atomic E-state index is 12.0. The average molecular weight is 248 g/mol. The third kappa shape index (κ3) is 2.43. The number of aryl methyl sites for hydroxylation is 1. The van der Waals surface area contributed by atoms with Gasteiger partial charge in [0.2, 0.25) is 0 Å². The molecule has 0 bridgehead atoms. The molecule has 0 aliphatic rings. The van der Waals surface area contributed by atoms with Gasteiger partial charge in [-0.15, -0.1) is 0 Å². The molecule has 1 amide bonds. The first kappa shape index (κ1) is 12.4. The predicted octanol–water partition coefficient (Wildman–Crippen LogP) is 0.321. The molecule has 0 saturated heterocycles. The Labute approximate surface area is 105 Å². The zero-order valence-electron chi connectivity index (χ0n) is 10.4. The maximum Gasteiger partial charge on any atom is 0.256 e. The van der Waals surface area contributed by atoms with E-state index in [0.29, 0.717) is 11.4 Å². The van der Waals surface area contributed by atoms with Gasteiger partial charge < -0.3 is 15.0 Å². The summed E-state index contributed by atoms with van der Waals surface area (Å²) in [7, 11) is 1.78. The highest BCUT2D eigenvalue weighted by atomic mass is 16.3. The second-order valence-corrected chi connectivity index (χ2v) is 4.15. The second-order valence-electron chi connectivity index (χ2n) is 4.15. The molecular weight excluding hydrogens is 232 g/mol. The van der Waals surface area contributed by atoms with Gasteiger partial charge in [-0.05, 0) is 19.1 Å². The minimum atomic E-state index is -0.569. The number of nitrogens with one attached hydrogen (secondary N) is 1. The molecule has 6 nitrogen and oxygen atoms in total. The van der Waals surface area contributed by atoms with Crippen LogP contribution < -0.4 is 5.32 Å². The topological polar surface area (TPSA) is 72.1 Å². The molecule has 6 heteroatoms. The first-order valence-electron chi connectivity index (χ1n) is 5.71. The van der Waals surface area contributed by atoms with Crippen LogP contribution in [0.25, 0.3) is 5.82 Å². The average Bonchev–Trinajstić information content (AvgIpc) is 2.94. The number of aliphatic hydroxyl groups excluding tert-OH is 1. The van der Waals surface area contributed by atoms with Crippen molar-refractivity contribution in [1.29, 1.82) is 0 Å². The molecule has 18 heavy (non-hydrogen) atoms. The minimum Gasteiger partial charge on any atom is -0.392 e. The van der Waals surface area contributed by atoms with Crippen LogP contribution in [0.5, 0.6) is 0 Å². The number of aliphatic hydroxyl groups is 1. The van der Waals surface area contributed by atoms with E-state index >= 15 is 0 Å². The van der Waals surface area contributed by atoms with Crippen molar-refractivity contribution in [2.24, 2.45) is 7.05 Å². The highest BCUT2D eigenvalue weighted by molar-refractivity contribution is 5.97. The van der Waals surface area contributed by atoms with Crippen LogP contribution in [0.1, 0.15) is 17.3 Å². The second kappa shape index (κ2) is 5.05. The quantitative estimate of drug-likeness (QED) is 0.818. The summed E-state index contributed by atoms with van der Waals surface area (Å²) < 4.78 is 3.46. The van der Waals surface area contributed by atoms with Crippen LogP contribution in [0.15, 0.2) is 30.7 Å². The number of rotatable bonds is 4. The molecule has 1 atom stereocenters. The molecule has 2 heterocycles. The van der Waals surface area contributed by atoms with Crippen molar-refractivity contribution in [3.8, 4) is 5.82 Å². The fraction of sp³-hybridized carbons (Fsp3) is 0.333. The molecule has 0 aliphatic heterocycles. The summed E-state index contributed by atoms with van der Waals surface area (Å²) in [4.78, 5) is 12.0. The Kier molecular flexibility index (Phi) is 3.47. The van der Waals surface area contributed by atoms with E-state index in [2.05, 4.69) is 10.4 Å². The Morgan fingerprint density at radius 1 is 1.50 bits per heavy atom. The van der Waals surface area contributed by atoms with Crippen molar-refractivity contribution < 1.29 is 9.90 Å². The van der Waals surface area contributed by atoms with Gasteiger partial charge in [0.15, 0.2) is 0 Å². The molecule has 0 saturated carbocycles. The van der Waals surface area contributed by atoms with E-state index in [-0.39, 0.29) is 12.5 Å². The molecule has 0 aliphatic carbocycles. The zero-order chi connectivity index (χ0) is 13.1. The summed E-state index contributed by atoms with van der Waals surface area (Å²) >= 11 is 0. The molecule has 0 unspecified atom stereocenters. The van der Waals surface area contributed by atoms with Crippen LogP contribution in [0.2, 0.25) is 0 Å². The smallest absolute Gasteiger partial charge is 0.256 e. The Balaban J connectivity index is 2.27. The van der Waals surface area contributed by atoms with E-state index in [1.54, 1.807) is 18.7 Å². The summed E-state index contributed by atoms with van der Waals surface area (Å²) in [6.45, 7) is 1.84. The van der Waals surface area contributed by atoms with Crippen LogP contribution >= 0.6 is 0 Å². The van der Waals surface area contributed by atoms with E-state index < -0.39 is 6.10 Å². The first-order valence-corrected chi connectivity index (χ1v) is 5.71. The van der Waals surface area contributed by atoms with Gasteiger partial charge in [0, 0.05) is 26.0 Å². The first-order chi connectivity index (χ1) is 8.59. The standard InChI is InChI=1S/C12H16N4O2/c1-9(17)7-13-11(18)10-8-14-15(2)12(10)16-5-3-4-6-16/h3-6,8-9,17H,7H2,1-2H3,(H,13,18)/t9-/m1/s1. The van der Waals surface area contributed by atoms with Crippen LogP contribution in [-0.2, 0) is 7.05 Å². The van der Waals surface area contributed by atoms with E-state index in [4.69, 9.17) is 5.11 Å². The van der Waals surface area contributed by atoms with Crippen molar-refractivity contribution >= 4 is 5.91 Å². The highest BCUT2D eigenvalue weighted by Gasteiger charge is 2.17. The molecule has 2 aromatic heterocycles. The van der Waals surface area contributed by atoms with Gasteiger partial charge >= 0.3 is 0 Å². The lowest BCUT2D eigenvalue weighted by Gasteiger charge is -2.09. The lowest BCUT2D eigenvalue weighted by atomic mass is 10.3. The minimum absolute atomic E-state index is 0.221. The van der Waals surface area contributed by atoms with Crippen molar-refractivity contribution in [2.75, 3.05) is 6.54 Å². The molecule has 0 radical (unpaired) electrons. The molecule has 96 valence electrons. The van der Waals surface area contributed by atoms with Crippen molar-refractivity contribution in [1.82, 2.24) is 19.7 Å². The number of hydrogen-bond acceptors (Lipinski definition) is 3. The van der Waals surface area contributed by atoms with Gasteiger partial charge in [-0.2, -0.15) is 5.10 Å². The number of aromatic nitrogens is 3. The Morgan fingerprint density at radius 3 is 2.78 bits per heavy atom. The van der Waals surface area contributed by atoms with Crippen molar-refractivity contribution in [2.45, 2.75) is 13.0 Å². The molecular formula is C12H16N4O2. The summed E-state index contributed by atoms with van der Waals surface area (Å²) in [6, 6.07) is 3.76. The molecule has 0 spiro atoms. The largest absolute Gasteiger partial charge is 0.392 e. The number of carbonyl (C=O) groups is 1. The number of nitrogens with zero attached hydrogens (tertiary/aromatic N) is 3. The Hall–Kier alpha value is -2.08. The predicted molar refractivity (Wildman–Crippen MR) is 66.5 cm³/mol. The van der Waals surface area contributed by atoms with E-state index in [1.165, 1.54) is 6.20 Å². The van der Waals surface area contributed by atoms with Gasteiger partial charge in [0.25, 0.3) is 5.91 Å². The van der Waals surface area contributed by atoms with Crippen LogP contribution in [0.3, 0.4) is 0 Å². The van der Waals surface area contributed by atoms with Gasteiger partial charge in [-0.1, -0.05) is 0 Å². The SMILES string of the molecule is C[C@@H](O)CNC(=O)c1cnn(C)c1-n1cccc1. The van der Waals surface area contributed by atoms with Crippen LogP contribution in [0.4, 0.5) is 0 Å². The summed E-state index contributed by atoms with van der Waals surface area (Å²) in [5.41, 5.74) is 0.481. The van der Waals surface area contributed by atoms with Gasteiger partial charge in [-0.3, -0.25) is 9.48 Å². The Morgan fingerprint density at radius 2 is 2.17 bits per heavy atom. The Bertz CT molecular complexity index is 528. The van der Waals surface area contributed by atoms with E-state index in [9.17, 15) is 4.79 Å². The highest BCUT2D eigenvalue weighted by Crippen LogP contribution is 2.13.